The highest BCUT2D eigenvalue weighted by Gasteiger charge is 2.32. The molecular formula is C16H21NO6. The van der Waals surface area contributed by atoms with Crippen molar-refractivity contribution in [1.29, 1.82) is 0 Å². The van der Waals surface area contributed by atoms with Gasteiger partial charge in [0.25, 0.3) is 0 Å². The third-order valence-electron chi connectivity index (χ3n) is 3.23. The average molecular weight is 323 g/mol. The fourth-order valence-electron chi connectivity index (χ4n) is 2.01. The molecule has 0 heterocycles. The van der Waals surface area contributed by atoms with Gasteiger partial charge in [-0.3, -0.25) is 9.59 Å². The van der Waals surface area contributed by atoms with E-state index < -0.39 is 29.8 Å². The fraction of sp³-hybridized carbons (Fsp3) is 0.438. The lowest BCUT2D eigenvalue weighted by Crippen LogP contribution is -2.48. The molecule has 0 aliphatic rings. The van der Waals surface area contributed by atoms with Gasteiger partial charge in [-0.05, 0) is 12.0 Å². The molecular weight excluding hydrogens is 302 g/mol. The van der Waals surface area contributed by atoms with E-state index in [-0.39, 0.29) is 19.6 Å². The Labute approximate surface area is 134 Å². The summed E-state index contributed by atoms with van der Waals surface area (Å²) in [5.41, 5.74) is 0.800. The number of alkyl carbamates (subject to hydrolysis) is 1. The van der Waals surface area contributed by atoms with Crippen LogP contribution in [0.5, 0.6) is 0 Å². The molecule has 0 bridgehead atoms. The molecule has 1 aromatic carbocycles. The van der Waals surface area contributed by atoms with Gasteiger partial charge in [-0.25, -0.2) is 4.79 Å². The quantitative estimate of drug-likeness (QED) is 0.669. The van der Waals surface area contributed by atoms with Gasteiger partial charge in [-0.1, -0.05) is 37.3 Å². The van der Waals surface area contributed by atoms with Crippen LogP contribution in [0.3, 0.4) is 0 Å². The Balaban J connectivity index is 2.62. The highest BCUT2D eigenvalue weighted by Crippen LogP contribution is 2.09. The lowest BCUT2D eigenvalue weighted by Gasteiger charge is -2.19. The lowest BCUT2D eigenvalue weighted by molar-refractivity contribution is -0.147. The fourth-order valence-corrected chi connectivity index (χ4v) is 2.01. The SMILES string of the molecule is CCC(C(=O)O)C(=O)[C@H](COC)NC(=O)OCc1ccccc1. The first-order valence-electron chi connectivity index (χ1n) is 7.22. The maximum Gasteiger partial charge on any atom is 0.408 e. The van der Waals surface area contributed by atoms with Gasteiger partial charge in [-0.2, -0.15) is 0 Å². The van der Waals surface area contributed by atoms with Gasteiger partial charge < -0.3 is 19.9 Å². The molecule has 126 valence electrons. The lowest BCUT2D eigenvalue weighted by atomic mass is 9.96. The van der Waals surface area contributed by atoms with E-state index in [0.717, 1.165) is 5.56 Å². The molecule has 1 amide bonds. The maximum atomic E-state index is 12.2. The molecule has 0 fully saturated rings. The first-order chi connectivity index (χ1) is 11.0. The van der Waals surface area contributed by atoms with Crippen molar-refractivity contribution in [1.82, 2.24) is 5.32 Å². The van der Waals surface area contributed by atoms with Gasteiger partial charge in [0.1, 0.15) is 18.6 Å². The number of ether oxygens (including phenoxy) is 2. The van der Waals surface area contributed by atoms with E-state index in [0.29, 0.717) is 0 Å². The zero-order valence-electron chi connectivity index (χ0n) is 13.2. The second kappa shape index (κ2) is 9.58. The summed E-state index contributed by atoms with van der Waals surface area (Å²) in [6.07, 6.45) is -0.667. The Kier molecular flexibility index (Phi) is 7.76. The van der Waals surface area contributed by atoms with Gasteiger partial charge >= 0.3 is 12.1 Å². The van der Waals surface area contributed by atoms with Crippen molar-refractivity contribution in [3.05, 3.63) is 35.9 Å². The monoisotopic (exact) mass is 323 g/mol. The number of carboxylic acids is 1. The second-order valence-electron chi connectivity index (χ2n) is 4.92. The van der Waals surface area contributed by atoms with Crippen LogP contribution in [0.1, 0.15) is 18.9 Å². The number of carbonyl (C=O) groups excluding carboxylic acids is 2. The minimum atomic E-state index is -1.22. The number of carboxylic acid groups (broad SMARTS) is 1. The summed E-state index contributed by atoms with van der Waals surface area (Å²) in [6, 6.07) is 7.99. The first-order valence-corrected chi connectivity index (χ1v) is 7.22. The Morgan fingerprint density at radius 1 is 1.22 bits per heavy atom. The van der Waals surface area contributed by atoms with Crippen LogP contribution in [0.2, 0.25) is 0 Å². The predicted octanol–water partition coefficient (Wildman–Crippen LogP) is 1.61. The average Bonchev–Trinajstić information content (AvgIpc) is 2.53. The Morgan fingerprint density at radius 2 is 1.87 bits per heavy atom. The molecule has 0 saturated heterocycles. The molecule has 2 atom stereocenters. The van der Waals surface area contributed by atoms with Crippen LogP contribution < -0.4 is 5.32 Å². The number of methoxy groups -OCH3 is 1. The number of hydrogen-bond donors (Lipinski definition) is 2. The summed E-state index contributed by atoms with van der Waals surface area (Å²) in [4.78, 5) is 35.1. The molecule has 0 radical (unpaired) electrons. The predicted molar refractivity (Wildman–Crippen MR) is 81.9 cm³/mol. The van der Waals surface area contributed by atoms with Crippen LogP contribution >= 0.6 is 0 Å². The van der Waals surface area contributed by atoms with Crippen molar-refractivity contribution in [2.45, 2.75) is 26.0 Å². The number of rotatable bonds is 9. The zero-order valence-corrected chi connectivity index (χ0v) is 13.2. The minimum absolute atomic E-state index is 0.0523. The van der Waals surface area contributed by atoms with Crippen LogP contribution in [-0.4, -0.2) is 42.7 Å². The van der Waals surface area contributed by atoms with E-state index >= 15 is 0 Å². The van der Waals surface area contributed by atoms with Crippen LogP contribution in [0.15, 0.2) is 30.3 Å². The smallest absolute Gasteiger partial charge is 0.408 e. The minimum Gasteiger partial charge on any atom is -0.481 e. The van der Waals surface area contributed by atoms with Gasteiger partial charge in [0.05, 0.1) is 6.61 Å². The topological polar surface area (TPSA) is 102 Å². The second-order valence-corrected chi connectivity index (χ2v) is 4.92. The molecule has 0 aliphatic carbocycles. The highest BCUT2D eigenvalue weighted by atomic mass is 16.5. The summed E-state index contributed by atoms with van der Waals surface area (Å²) in [7, 11) is 1.36. The zero-order chi connectivity index (χ0) is 17.2. The Bertz CT molecular complexity index is 531. The largest absolute Gasteiger partial charge is 0.481 e. The van der Waals surface area contributed by atoms with Crippen LogP contribution in [0.25, 0.3) is 0 Å². The first kappa shape index (κ1) is 18.6. The summed E-state index contributed by atoms with van der Waals surface area (Å²) in [6.45, 7) is 1.52. The van der Waals surface area contributed by atoms with Crippen LogP contribution in [0, 0.1) is 5.92 Å². The highest BCUT2D eigenvalue weighted by molar-refractivity contribution is 6.02. The van der Waals surface area contributed by atoms with Gasteiger partial charge in [-0.15, -0.1) is 0 Å². The van der Waals surface area contributed by atoms with Crippen molar-refractivity contribution in [3.63, 3.8) is 0 Å². The molecule has 0 saturated carbocycles. The number of nitrogens with one attached hydrogen (secondary N) is 1. The van der Waals surface area contributed by atoms with Gasteiger partial charge in [0, 0.05) is 7.11 Å². The number of Topliss-reactive ketones (excluding diaryl/α,β-unsaturated/α-hetero) is 1. The molecule has 2 N–H and O–H groups in total. The summed E-state index contributed by atoms with van der Waals surface area (Å²) >= 11 is 0. The number of benzene rings is 1. The maximum absolute atomic E-state index is 12.2. The molecule has 0 spiro atoms. The van der Waals surface area contributed by atoms with E-state index in [9.17, 15) is 14.4 Å². The Hall–Kier alpha value is -2.41. The molecule has 7 nitrogen and oxygen atoms in total. The van der Waals surface area contributed by atoms with Crippen LogP contribution in [0.4, 0.5) is 4.79 Å². The molecule has 0 aromatic heterocycles. The number of ketones is 1. The van der Waals surface area contributed by atoms with Crippen molar-refractivity contribution in [2.75, 3.05) is 13.7 Å². The Morgan fingerprint density at radius 3 is 2.39 bits per heavy atom. The van der Waals surface area contributed by atoms with Crippen molar-refractivity contribution >= 4 is 17.8 Å². The molecule has 23 heavy (non-hydrogen) atoms. The standard InChI is InChI=1S/C16H21NO6/c1-3-12(15(19)20)14(18)13(10-22-2)17-16(21)23-9-11-7-5-4-6-8-11/h4-8,12-13H,3,9-10H2,1-2H3,(H,17,21)(H,19,20)/t12?,13-/m0/s1. The van der Waals surface area contributed by atoms with E-state index in [4.69, 9.17) is 14.6 Å². The summed E-state index contributed by atoms with van der Waals surface area (Å²) in [5, 5.41) is 11.4. The molecule has 1 aromatic rings. The van der Waals surface area contributed by atoms with Crippen LogP contribution in [-0.2, 0) is 25.7 Å². The molecule has 1 rings (SSSR count). The summed E-state index contributed by atoms with van der Waals surface area (Å²) < 4.78 is 9.90. The molecule has 0 aliphatic heterocycles. The molecule has 1 unspecified atom stereocenters. The number of amides is 1. The third-order valence-corrected chi connectivity index (χ3v) is 3.23. The van der Waals surface area contributed by atoms with Crippen molar-refractivity contribution in [2.24, 2.45) is 5.92 Å². The summed E-state index contributed by atoms with van der Waals surface area (Å²) in [5.74, 6) is -3.03. The number of hydrogen-bond acceptors (Lipinski definition) is 5. The van der Waals surface area contributed by atoms with Gasteiger partial charge in [0.15, 0.2) is 5.78 Å². The van der Waals surface area contributed by atoms with E-state index in [2.05, 4.69) is 5.32 Å². The number of carbonyl (C=O) groups is 3. The van der Waals surface area contributed by atoms with E-state index in [1.807, 2.05) is 18.2 Å². The normalized spacial score (nSPS) is 13.0. The molecule has 7 heteroatoms. The van der Waals surface area contributed by atoms with E-state index in [1.165, 1.54) is 7.11 Å². The van der Waals surface area contributed by atoms with Crippen molar-refractivity contribution < 1.29 is 29.0 Å². The number of aliphatic carboxylic acids is 1. The van der Waals surface area contributed by atoms with Gasteiger partial charge in [0.2, 0.25) is 0 Å². The van der Waals surface area contributed by atoms with E-state index in [1.54, 1.807) is 19.1 Å². The third kappa shape index (κ3) is 6.07. The van der Waals surface area contributed by atoms with Crippen molar-refractivity contribution in [3.8, 4) is 0 Å².